The number of nitrogens with zero attached hydrogens (tertiary/aromatic N) is 1. The molecule has 1 heterocycles. The van der Waals surface area contributed by atoms with E-state index in [1.165, 1.54) is 23.0 Å². The van der Waals surface area contributed by atoms with Crippen molar-refractivity contribution in [2.24, 2.45) is 0 Å². The van der Waals surface area contributed by atoms with Gasteiger partial charge in [0.25, 0.3) is 0 Å². The quantitative estimate of drug-likeness (QED) is 0.178. The number of carbonyl (C=O) groups excluding carboxylic acids is 1. The van der Waals surface area contributed by atoms with Gasteiger partial charge in [0.1, 0.15) is 6.10 Å². The highest BCUT2D eigenvalue weighted by atomic mass is 32.1. The van der Waals surface area contributed by atoms with E-state index in [0.717, 1.165) is 52.9 Å². The molecule has 0 fully saturated rings. The minimum Gasteiger partial charge on any atom is -0.458 e. The van der Waals surface area contributed by atoms with Crippen molar-refractivity contribution >= 4 is 38.3 Å². The number of nitrogens with one attached hydrogen (secondary N) is 1. The van der Waals surface area contributed by atoms with E-state index in [-0.39, 0.29) is 12.1 Å². The third-order valence-electron chi connectivity index (χ3n) is 6.89. The van der Waals surface area contributed by atoms with Gasteiger partial charge < -0.3 is 10.1 Å². The number of thiazole rings is 1. The summed E-state index contributed by atoms with van der Waals surface area (Å²) in [6.45, 7) is 3.84. The molecule has 41 heavy (non-hydrogen) atoms. The Morgan fingerprint density at radius 3 is 2.39 bits per heavy atom. The van der Waals surface area contributed by atoms with Gasteiger partial charge >= 0.3 is 12.1 Å². The zero-order valence-electron chi connectivity index (χ0n) is 22.7. The molecule has 8 heteroatoms. The van der Waals surface area contributed by atoms with Crippen LogP contribution in [0.5, 0.6) is 0 Å². The van der Waals surface area contributed by atoms with Crippen molar-refractivity contribution in [3.8, 4) is 11.1 Å². The number of ether oxygens (including phenoxy) is 1. The molecule has 1 atom stereocenters. The molecule has 1 aromatic heterocycles. The van der Waals surface area contributed by atoms with Crippen molar-refractivity contribution in [3.05, 3.63) is 113 Å². The zero-order chi connectivity index (χ0) is 29.0. The molecule has 1 unspecified atom stereocenters. The Balaban J connectivity index is 1.19. The monoisotopic (exact) mass is 574 g/mol. The summed E-state index contributed by atoms with van der Waals surface area (Å²) < 4.78 is 45.3. The predicted octanol–water partition coefficient (Wildman–Crippen LogP) is 9.66. The summed E-state index contributed by atoms with van der Waals surface area (Å²) in [5, 5.41) is 3.77. The normalized spacial score (nSPS) is 12.3. The predicted molar refractivity (Wildman–Crippen MR) is 158 cm³/mol. The molecule has 0 bridgehead atoms. The molecule has 1 N–H and O–H groups in total. The maximum Gasteiger partial charge on any atom is 0.416 e. The van der Waals surface area contributed by atoms with Crippen LogP contribution in [0.15, 0.2) is 91.0 Å². The third-order valence-corrected chi connectivity index (χ3v) is 7.83. The molecule has 0 aliphatic rings. The summed E-state index contributed by atoms with van der Waals surface area (Å²) in [5.41, 5.74) is 5.80. The number of halogens is 3. The first kappa shape index (κ1) is 28.4. The maximum atomic E-state index is 13.1. The lowest BCUT2D eigenvalue weighted by molar-refractivity contribution is -0.148. The van der Waals surface area contributed by atoms with Gasteiger partial charge in [-0.25, -0.2) is 4.98 Å². The molecule has 4 aromatic carbocycles. The van der Waals surface area contributed by atoms with Crippen LogP contribution in [0.3, 0.4) is 0 Å². The lowest BCUT2D eigenvalue weighted by Crippen LogP contribution is -2.09. The first-order valence-corrected chi connectivity index (χ1v) is 14.2. The van der Waals surface area contributed by atoms with Gasteiger partial charge in [0.05, 0.1) is 15.8 Å². The first-order valence-electron chi connectivity index (χ1n) is 13.3. The smallest absolute Gasteiger partial charge is 0.416 e. The van der Waals surface area contributed by atoms with Crippen LogP contribution in [-0.4, -0.2) is 11.0 Å². The Morgan fingerprint density at radius 1 is 0.951 bits per heavy atom. The second-order valence-electron chi connectivity index (χ2n) is 9.95. The number of anilines is 2. The zero-order valence-corrected chi connectivity index (χ0v) is 23.5. The summed E-state index contributed by atoms with van der Waals surface area (Å²) in [6, 6.07) is 27.6. The molecule has 5 rings (SSSR count). The van der Waals surface area contributed by atoms with Gasteiger partial charge in [-0.05, 0) is 84.8 Å². The van der Waals surface area contributed by atoms with Gasteiger partial charge in [0.15, 0.2) is 5.13 Å². The van der Waals surface area contributed by atoms with E-state index >= 15 is 0 Å². The Bertz CT molecular complexity index is 1650. The van der Waals surface area contributed by atoms with Gasteiger partial charge in [-0.1, -0.05) is 72.0 Å². The number of alkyl halides is 3. The molecule has 0 radical (unpaired) electrons. The van der Waals surface area contributed by atoms with Crippen LogP contribution in [0, 0.1) is 6.92 Å². The van der Waals surface area contributed by atoms with Crippen molar-refractivity contribution in [1.29, 1.82) is 0 Å². The lowest BCUT2D eigenvalue weighted by Gasteiger charge is -2.15. The van der Waals surface area contributed by atoms with Crippen molar-refractivity contribution < 1.29 is 22.7 Å². The largest absolute Gasteiger partial charge is 0.458 e. The Morgan fingerprint density at radius 2 is 1.68 bits per heavy atom. The standard InChI is InChI=1S/C33H29F3N2O2S/c1-21-19-26(15-17-28(21)37-32-38-29-18-16-27(33(34,35)36)20-30(29)41-32)25-13-11-24(12-14-25)22(2)40-31(39)10-6-9-23-7-4-3-5-8-23/h3-5,7-8,11-20,22H,6,9-10H2,1-2H3,(H,37,38). The summed E-state index contributed by atoms with van der Waals surface area (Å²) in [4.78, 5) is 16.8. The van der Waals surface area contributed by atoms with Crippen molar-refractivity contribution in [2.45, 2.75) is 45.4 Å². The number of fused-ring (bicyclic) bond motifs is 1. The number of benzene rings is 4. The fourth-order valence-electron chi connectivity index (χ4n) is 4.61. The van der Waals surface area contributed by atoms with Crippen molar-refractivity contribution in [2.75, 3.05) is 5.32 Å². The minimum absolute atomic E-state index is 0.204. The van der Waals surface area contributed by atoms with Crippen LogP contribution >= 0.6 is 11.3 Å². The summed E-state index contributed by atoms with van der Waals surface area (Å²) >= 11 is 1.19. The fraction of sp³-hybridized carbons (Fsp3) is 0.212. The third kappa shape index (κ3) is 7.13. The number of carbonyl (C=O) groups is 1. The fourth-order valence-corrected chi connectivity index (χ4v) is 5.52. The van der Waals surface area contributed by atoms with Gasteiger partial charge in [-0.15, -0.1) is 0 Å². The van der Waals surface area contributed by atoms with E-state index in [1.807, 2.05) is 74.5 Å². The molecule has 0 spiro atoms. The number of hydrogen-bond acceptors (Lipinski definition) is 5. The van der Waals surface area contributed by atoms with Gasteiger partial charge in [0.2, 0.25) is 0 Å². The highest BCUT2D eigenvalue weighted by Gasteiger charge is 2.30. The molecule has 0 aliphatic heterocycles. The summed E-state index contributed by atoms with van der Waals surface area (Å²) in [5.74, 6) is -0.204. The SMILES string of the molecule is Cc1cc(-c2ccc(C(C)OC(=O)CCCc3ccccc3)cc2)ccc1Nc1nc2ccc(C(F)(F)F)cc2s1. The minimum atomic E-state index is -4.39. The lowest BCUT2D eigenvalue weighted by atomic mass is 10.00. The van der Waals surface area contributed by atoms with Crippen LogP contribution in [0.4, 0.5) is 24.0 Å². The highest BCUT2D eigenvalue weighted by Crippen LogP contribution is 2.36. The Labute approximate surface area is 240 Å². The molecular formula is C33H29F3N2O2S. The van der Waals surface area contributed by atoms with Crippen LogP contribution in [0.25, 0.3) is 21.3 Å². The van der Waals surface area contributed by atoms with E-state index in [2.05, 4.69) is 22.4 Å². The molecule has 210 valence electrons. The molecular weight excluding hydrogens is 545 g/mol. The Kier molecular flexibility index (Phi) is 8.40. The van der Waals surface area contributed by atoms with E-state index in [0.29, 0.717) is 21.8 Å². The van der Waals surface area contributed by atoms with Crippen molar-refractivity contribution in [1.82, 2.24) is 4.98 Å². The number of aryl methyl sites for hydroxylation is 2. The number of rotatable bonds is 9. The summed E-state index contributed by atoms with van der Waals surface area (Å²) in [7, 11) is 0. The average molecular weight is 575 g/mol. The maximum absolute atomic E-state index is 13.1. The van der Waals surface area contributed by atoms with Gasteiger partial charge in [0, 0.05) is 12.1 Å². The molecule has 0 saturated heterocycles. The van der Waals surface area contributed by atoms with E-state index in [4.69, 9.17) is 4.74 Å². The highest BCUT2D eigenvalue weighted by molar-refractivity contribution is 7.22. The topological polar surface area (TPSA) is 51.2 Å². The molecule has 0 saturated carbocycles. The first-order chi connectivity index (χ1) is 19.7. The second-order valence-corrected chi connectivity index (χ2v) is 11.0. The van der Waals surface area contributed by atoms with E-state index < -0.39 is 11.7 Å². The van der Waals surface area contributed by atoms with Crippen LogP contribution in [0.2, 0.25) is 0 Å². The van der Waals surface area contributed by atoms with Crippen LogP contribution < -0.4 is 5.32 Å². The van der Waals surface area contributed by atoms with Gasteiger partial charge in [-0.3, -0.25) is 4.79 Å². The van der Waals surface area contributed by atoms with E-state index in [9.17, 15) is 18.0 Å². The van der Waals surface area contributed by atoms with Crippen LogP contribution in [-0.2, 0) is 22.1 Å². The number of esters is 1. The van der Waals surface area contributed by atoms with E-state index in [1.54, 1.807) is 0 Å². The Hall–Kier alpha value is -4.17. The molecule has 5 aromatic rings. The summed E-state index contributed by atoms with van der Waals surface area (Å²) in [6.07, 6.45) is -2.76. The molecule has 0 amide bonds. The van der Waals surface area contributed by atoms with Gasteiger partial charge in [-0.2, -0.15) is 13.2 Å². The van der Waals surface area contributed by atoms with Crippen molar-refractivity contribution in [3.63, 3.8) is 0 Å². The number of aromatic nitrogens is 1. The molecule has 4 nitrogen and oxygen atoms in total. The molecule has 0 aliphatic carbocycles. The van der Waals surface area contributed by atoms with Crippen LogP contribution in [0.1, 0.15) is 48.1 Å². The second kappa shape index (κ2) is 12.1. The number of hydrogen-bond donors (Lipinski definition) is 1. The average Bonchev–Trinajstić information content (AvgIpc) is 3.36.